The maximum atomic E-state index is 6.39. The van der Waals surface area contributed by atoms with Crippen molar-refractivity contribution in [1.82, 2.24) is 4.57 Å². The van der Waals surface area contributed by atoms with Gasteiger partial charge in [0, 0.05) is 0 Å². The third kappa shape index (κ3) is 3.02. The fourth-order valence-electron chi connectivity index (χ4n) is 2.94. The van der Waals surface area contributed by atoms with E-state index in [9.17, 15) is 0 Å². The summed E-state index contributed by atoms with van der Waals surface area (Å²) in [6, 6.07) is 16.8. The van der Waals surface area contributed by atoms with E-state index in [1.165, 1.54) is 5.56 Å². The van der Waals surface area contributed by atoms with E-state index in [0.29, 0.717) is 12.6 Å². The van der Waals surface area contributed by atoms with E-state index in [1.807, 2.05) is 24.3 Å². The zero-order valence-corrected chi connectivity index (χ0v) is 14.0. The number of benzene rings is 2. The molecular formula is C19H24N3O+. The molecule has 4 nitrogen and oxygen atoms in total. The Kier molecular flexibility index (Phi) is 4.24. The molecule has 0 saturated carbocycles. The lowest BCUT2D eigenvalue weighted by atomic mass is 10.2. The second kappa shape index (κ2) is 6.32. The van der Waals surface area contributed by atoms with Gasteiger partial charge in [0.15, 0.2) is 0 Å². The summed E-state index contributed by atoms with van der Waals surface area (Å²) in [7, 11) is 0. The molecule has 0 radical (unpaired) electrons. The normalized spacial score (nSPS) is 11.3. The maximum absolute atomic E-state index is 6.39. The summed E-state index contributed by atoms with van der Waals surface area (Å²) >= 11 is 0. The van der Waals surface area contributed by atoms with E-state index in [4.69, 9.17) is 10.5 Å². The summed E-state index contributed by atoms with van der Waals surface area (Å²) in [5, 5.41) is 0. The molecule has 120 valence electrons. The molecule has 0 fully saturated rings. The smallest absolute Gasteiger partial charge is 0.356 e. The van der Waals surface area contributed by atoms with Gasteiger partial charge in [-0.25, -0.2) is 9.13 Å². The molecule has 4 heteroatoms. The van der Waals surface area contributed by atoms with Gasteiger partial charge in [-0.1, -0.05) is 29.8 Å². The molecule has 0 aliphatic rings. The number of fused-ring (bicyclic) bond motifs is 1. The Morgan fingerprint density at radius 2 is 1.78 bits per heavy atom. The lowest BCUT2D eigenvalue weighted by Crippen LogP contribution is -2.39. The first-order valence-electron chi connectivity index (χ1n) is 8.05. The quantitative estimate of drug-likeness (QED) is 0.733. The monoisotopic (exact) mass is 310 g/mol. The molecule has 3 aromatic rings. The van der Waals surface area contributed by atoms with Crippen molar-refractivity contribution in [3.63, 3.8) is 0 Å². The summed E-state index contributed by atoms with van der Waals surface area (Å²) in [5.74, 6) is 1.66. The van der Waals surface area contributed by atoms with Crippen LogP contribution >= 0.6 is 0 Å². The van der Waals surface area contributed by atoms with Crippen LogP contribution in [0, 0.1) is 6.92 Å². The van der Waals surface area contributed by atoms with E-state index < -0.39 is 0 Å². The number of anilines is 1. The van der Waals surface area contributed by atoms with Gasteiger partial charge >= 0.3 is 5.95 Å². The molecule has 0 atom stereocenters. The Morgan fingerprint density at radius 3 is 2.48 bits per heavy atom. The van der Waals surface area contributed by atoms with Crippen LogP contribution < -0.4 is 15.0 Å². The Balaban J connectivity index is 1.82. The Bertz CT molecular complexity index is 803. The van der Waals surface area contributed by atoms with Gasteiger partial charge in [0.1, 0.15) is 29.9 Å². The topological polar surface area (TPSA) is 44.1 Å². The van der Waals surface area contributed by atoms with Crippen molar-refractivity contribution >= 4 is 17.0 Å². The highest BCUT2D eigenvalue weighted by molar-refractivity contribution is 5.74. The summed E-state index contributed by atoms with van der Waals surface area (Å²) < 4.78 is 10.1. The highest BCUT2D eigenvalue weighted by Crippen LogP contribution is 2.21. The molecule has 0 amide bonds. The molecule has 0 unspecified atom stereocenters. The van der Waals surface area contributed by atoms with Crippen LogP contribution in [-0.2, 0) is 6.54 Å². The summed E-state index contributed by atoms with van der Waals surface area (Å²) in [6.45, 7) is 7.68. The highest BCUT2D eigenvalue weighted by Gasteiger charge is 2.22. The molecule has 3 rings (SSSR count). The number of hydrogen-bond acceptors (Lipinski definition) is 2. The average Bonchev–Trinajstić information content (AvgIpc) is 2.82. The number of hydrogen-bond donors (Lipinski definition) is 1. The fraction of sp³-hybridized carbons (Fsp3) is 0.316. The van der Waals surface area contributed by atoms with Gasteiger partial charge in [0.2, 0.25) is 0 Å². The lowest BCUT2D eigenvalue weighted by molar-refractivity contribution is -0.658. The predicted molar refractivity (Wildman–Crippen MR) is 93.6 cm³/mol. The van der Waals surface area contributed by atoms with Crippen molar-refractivity contribution in [3.05, 3.63) is 54.1 Å². The van der Waals surface area contributed by atoms with Crippen molar-refractivity contribution < 1.29 is 9.30 Å². The average molecular weight is 310 g/mol. The zero-order chi connectivity index (χ0) is 16.4. The van der Waals surface area contributed by atoms with Crippen LogP contribution in [0.2, 0.25) is 0 Å². The SMILES string of the molecule is Cc1ccc(OCC[n+]2c(N)n(C(C)C)c3ccccc32)cc1. The largest absolute Gasteiger partial charge is 0.490 e. The maximum Gasteiger partial charge on any atom is 0.356 e. The third-order valence-corrected chi connectivity index (χ3v) is 4.08. The predicted octanol–water partition coefficient (Wildman–Crippen LogP) is 3.48. The van der Waals surface area contributed by atoms with E-state index in [2.05, 4.69) is 54.2 Å². The van der Waals surface area contributed by atoms with Gasteiger partial charge in [-0.05, 0) is 45.0 Å². The number of aryl methyl sites for hydroxylation is 1. The van der Waals surface area contributed by atoms with Crippen molar-refractivity contribution in [1.29, 1.82) is 0 Å². The van der Waals surface area contributed by atoms with Crippen LogP contribution in [0.3, 0.4) is 0 Å². The van der Waals surface area contributed by atoms with Gasteiger partial charge in [-0.2, -0.15) is 0 Å². The van der Waals surface area contributed by atoms with Gasteiger partial charge in [-0.15, -0.1) is 0 Å². The molecule has 0 spiro atoms. The first-order chi connectivity index (χ1) is 11.1. The minimum atomic E-state index is 0.319. The standard InChI is InChI=1S/C19H23N3O/c1-14(2)22-18-7-5-4-6-17(18)21(19(22)20)12-13-23-16-10-8-15(3)9-11-16/h4-11,14,20H,12-13H2,1-3H3/p+1. The third-order valence-electron chi connectivity index (χ3n) is 4.08. The first kappa shape index (κ1) is 15.4. The molecule has 23 heavy (non-hydrogen) atoms. The fourth-order valence-corrected chi connectivity index (χ4v) is 2.94. The van der Waals surface area contributed by atoms with Crippen molar-refractivity contribution in [3.8, 4) is 5.75 Å². The molecule has 0 bridgehead atoms. The summed E-state index contributed by atoms with van der Waals surface area (Å²) in [4.78, 5) is 0. The van der Waals surface area contributed by atoms with Crippen molar-refractivity contribution in [2.24, 2.45) is 0 Å². The Hall–Kier alpha value is -2.49. The van der Waals surface area contributed by atoms with E-state index in [0.717, 1.165) is 29.3 Å². The molecule has 0 aliphatic carbocycles. The number of nitrogens with zero attached hydrogens (tertiary/aromatic N) is 2. The van der Waals surface area contributed by atoms with Crippen LogP contribution in [-0.4, -0.2) is 11.2 Å². The molecule has 1 heterocycles. The van der Waals surface area contributed by atoms with Crippen LogP contribution in [0.4, 0.5) is 5.95 Å². The Labute approximate surface area is 137 Å². The number of rotatable bonds is 5. The second-order valence-corrected chi connectivity index (χ2v) is 6.12. The number of para-hydroxylation sites is 2. The Morgan fingerprint density at radius 1 is 1.09 bits per heavy atom. The molecule has 2 aromatic carbocycles. The van der Waals surface area contributed by atoms with Crippen LogP contribution in [0.25, 0.3) is 11.0 Å². The minimum Gasteiger partial charge on any atom is -0.490 e. The van der Waals surface area contributed by atoms with E-state index >= 15 is 0 Å². The lowest BCUT2D eigenvalue weighted by Gasteiger charge is -2.07. The molecule has 0 aliphatic heterocycles. The van der Waals surface area contributed by atoms with Gasteiger partial charge in [0.05, 0.1) is 6.04 Å². The number of nitrogens with two attached hydrogens (primary N) is 1. The van der Waals surface area contributed by atoms with Crippen molar-refractivity contribution in [2.45, 2.75) is 33.4 Å². The minimum absolute atomic E-state index is 0.319. The van der Waals surface area contributed by atoms with Gasteiger partial charge < -0.3 is 4.74 Å². The van der Waals surface area contributed by atoms with Crippen molar-refractivity contribution in [2.75, 3.05) is 12.3 Å². The van der Waals surface area contributed by atoms with Gasteiger partial charge in [0.25, 0.3) is 0 Å². The highest BCUT2D eigenvalue weighted by atomic mass is 16.5. The number of ether oxygens (including phenoxy) is 1. The van der Waals surface area contributed by atoms with E-state index in [1.54, 1.807) is 0 Å². The van der Waals surface area contributed by atoms with Crippen LogP contribution in [0.1, 0.15) is 25.5 Å². The zero-order valence-electron chi connectivity index (χ0n) is 14.0. The number of imidazole rings is 1. The van der Waals surface area contributed by atoms with Crippen LogP contribution in [0.5, 0.6) is 5.75 Å². The molecule has 1 aromatic heterocycles. The first-order valence-corrected chi connectivity index (χ1v) is 8.05. The number of aromatic nitrogens is 2. The molecule has 0 saturated heterocycles. The molecular weight excluding hydrogens is 286 g/mol. The second-order valence-electron chi connectivity index (χ2n) is 6.12. The van der Waals surface area contributed by atoms with Gasteiger partial charge in [-0.3, -0.25) is 5.73 Å². The summed E-state index contributed by atoms with van der Waals surface area (Å²) in [5.41, 5.74) is 9.93. The van der Waals surface area contributed by atoms with Crippen LogP contribution in [0.15, 0.2) is 48.5 Å². The van der Waals surface area contributed by atoms with E-state index in [-0.39, 0.29) is 0 Å². The molecule has 2 N–H and O–H groups in total. The summed E-state index contributed by atoms with van der Waals surface area (Å²) in [6.07, 6.45) is 0. The number of nitrogen functional groups attached to an aromatic ring is 1.